The monoisotopic (exact) mass is 206 g/mol. The van der Waals surface area contributed by atoms with Crippen molar-refractivity contribution in [1.29, 1.82) is 0 Å². The third-order valence-electron chi connectivity index (χ3n) is 1.74. The lowest BCUT2D eigenvalue weighted by Gasteiger charge is -2.04. The summed E-state index contributed by atoms with van der Waals surface area (Å²) in [5.41, 5.74) is 0.587. The van der Waals surface area contributed by atoms with Crippen LogP contribution in [0.4, 0.5) is 0 Å². The summed E-state index contributed by atoms with van der Waals surface area (Å²) in [5.74, 6) is 4.28. The number of benzene rings is 1. The van der Waals surface area contributed by atoms with E-state index in [0.29, 0.717) is 5.56 Å². The first-order chi connectivity index (χ1) is 7.19. The van der Waals surface area contributed by atoms with Crippen LogP contribution in [0.25, 0.3) is 0 Å². The Kier molecular flexibility index (Phi) is 3.72. The predicted molar refractivity (Wildman–Crippen MR) is 53.9 cm³/mol. The fourth-order valence-electron chi connectivity index (χ4n) is 1.09. The van der Waals surface area contributed by atoms with Crippen molar-refractivity contribution in [1.82, 2.24) is 0 Å². The summed E-state index contributed by atoms with van der Waals surface area (Å²) < 4.78 is 4.89. The van der Waals surface area contributed by atoms with Gasteiger partial charge in [-0.3, -0.25) is 0 Å². The Morgan fingerprint density at radius 3 is 2.80 bits per heavy atom. The Hall–Kier alpha value is -1.99. The summed E-state index contributed by atoms with van der Waals surface area (Å²) >= 11 is 0. The van der Waals surface area contributed by atoms with Gasteiger partial charge in [0.1, 0.15) is 17.9 Å². The van der Waals surface area contributed by atoms with Crippen molar-refractivity contribution in [2.75, 3.05) is 13.7 Å². The number of carboxylic acid groups (broad SMARTS) is 1. The van der Waals surface area contributed by atoms with E-state index in [9.17, 15) is 4.79 Å². The summed E-state index contributed by atoms with van der Waals surface area (Å²) in [7, 11) is 1.40. The average Bonchev–Trinajstić information content (AvgIpc) is 2.25. The van der Waals surface area contributed by atoms with Crippen molar-refractivity contribution in [3.8, 4) is 17.6 Å². The van der Waals surface area contributed by atoms with Gasteiger partial charge in [0.25, 0.3) is 0 Å². The van der Waals surface area contributed by atoms with Crippen LogP contribution in [-0.2, 0) is 0 Å². The second-order valence-electron chi connectivity index (χ2n) is 2.68. The fraction of sp³-hybridized carbons (Fsp3) is 0.182. The summed E-state index contributed by atoms with van der Waals surface area (Å²) in [6.07, 6.45) is 0. The van der Waals surface area contributed by atoms with E-state index in [2.05, 4.69) is 11.8 Å². The Morgan fingerprint density at radius 1 is 1.53 bits per heavy atom. The first-order valence-electron chi connectivity index (χ1n) is 4.20. The van der Waals surface area contributed by atoms with E-state index in [1.165, 1.54) is 19.2 Å². The maximum atomic E-state index is 10.8. The zero-order chi connectivity index (χ0) is 11.3. The number of carbonyl (C=O) groups is 1. The van der Waals surface area contributed by atoms with Crippen molar-refractivity contribution in [2.24, 2.45) is 0 Å². The third-order valence-corrected chi connectivity index (χ3v) is 1.74. The van der Waals surface area contributed by atoms with Crippen LogP contribution in [0.1, 0.15) is 15.9 Å². The number of aliphatic hydroxyl groups excluding tert-OH is 1. The van der Waals surface area contributed by atoms with Crippen molar-refractivity contribution in [3.05, 3.63) is 29.3 Å². The smallest absolute Gasteiger partial charge is 0.339 e. The molecule has 0 heterocycles. The molecule has 0 bridgehead atoms. The van der Waals surface area contributed by atoms with Crippen LogP contribution in [0.3, 0.4) is 0 Å². The van der Waals surface area contributed by atoms with Gasteiger partial charge in [-0.1, -0.05) is 11.8 Å². The van der Waals surface area contributed by atoms with Gasteiger partial charge in [-0.15, -0.1) is 0 Å². The molecule has 1 rings (SSSR count). The molecule has 0 amide bonds. The highest BCUT2D eigenvalue weighted by Gasteiger charge is 2.10. The number of aliphatic hydroxyl groups is 1. The van der Waals surface area contributed by atoms with Crippen LogP contribution >= 0.6 is 0 Å². The Morgan fingerprint density at radius 2 is 2.27 bits per heavy atom. The molecule has 0 radical (unpaired) electrons. The Bertz CT molecular complexity index is 426. The molecule has 2 N–H and O–H groups in total. The lowest BCUT2D eigenvalue weighted by atomic mass is 10.1. The van der Waals surface area contributed by atoms with Crippen molar-refractivity contribution in [2.45, 2.75) is 0 Å². The molecular formula is C11H10O4. The number of hydrogen-bond donors (Lipinski definition) is 2. The van der Waals surface area contributed by atoms with Gasteiger partial charge in [-0.05, 0) is 18.2 Å². The van der Waals surface area contributed by atoms with Gasteiger partial charge in [0.2, 0.25) is 0 Å². The highest BCUT2D eigenvalue weighted by molar-refractivity contribution is 5.91. The van der Waals surface area contributed by atoms with E-state index in [1.54, 1.807) is 6.07 Å². The predicted octanol–water partition coefficient (Wildman–Crippen LogP) is 0.737. The number of methoxy groups -OCH3 is 1. The quantitative estimate of drug-likeness (QED) is 0.700. The summed E-state index contributed by atoms with van der Waals surface area (Å²) in [4.78, 5) is 10.8. The van der Waals surface area contributed by atoms with Crippen LogP contribution in [0.2, 0.25) is 0 Å². The van der Waals surface area contributed by atoms with Crippen LogP contribution in [-0.4, -0.2) is 29.9 Å². The first-order valence-corrected chi connectivity index (χ1v) is 4.20. The van der Waals surface area contributed by atoms with Gasteiger partial charge in [0.05, 0.1) is 7.11 Å². The summed E-state index contributed by atoms with van der Waals surface area (Å²) in [6, 6.07) is 4.57. The molecule has 4 heteroatoms. The molecule has 0 saturated carbocycles. The SMILES string of the molecule is COc1ccc(C#CCO)cc1C(=O)O. The highest BCUT2D eigenvalue weighted by Crippen LogP contribution is 2.19. The molecule has 0 aliphatic rings. The van der Waals surface area contributed by atoms with E-state index < -0.39 is 5.97 Å². The summed E-state index contributed by atoms with van der Waals surface area (Å²) in [5, 5.41) is 17.4. The zero-order valence-electron chi connectivity index (χ0n) is 8.15. The van der Waals surface area contributed by atoms with Crippen LogP contribution in [0, 0.1) is 11.8 Å². The number of hydrogen-bond acceptors (Lipinski definition) is 3. The Balaban J connectivity index is 3.16. The topological polar surface area (TPSA) is 66.8 Å². The molecule has 0 aliphatic heterocycles. The molecule has 0 aliphatic carbocycles. The second kappa shape index (κ2) is 5.03. The molecule has 78 valence electrons. The maximum absolute atomic E-state index is 10.8. The number of carboxylic acids is 1. The van der Waals surface area contributed by atoms with Crippen molar-refractivity contribution in [3.63, 3.8) is 0 Å². The van der Waals surface area contributed by atoms with Crippen molar-refractivity contribution < 1.29 is 19.7 Å². The normalized spacial score (nSPS) is 8.93. The van der Waals surface area contributed by atoms with Gasteiger partial charge in [-0.25, -0.2) is 4.79 Å². The molecule has 0 spiro atoms. The molecular weight excluding hydrogens is 196 g/mol. The molecule has 0 aromatic heterocycles. The second-order valence-corrected chi connectivity index (χ2v) is 2.68. The van der Waals surface area contributed by atoms with E-state index in [1.807, 2.05) is 0 Å². The zero-order valence-corrected chi connectivity index (χ0v) is 8.15. The van der Waals surface area contributed by atoms with Crippen LogP contribution in [0.5, 0.6) is 5.75 Å². The number of aromatic carboxylic acids is 1. The third kappa shape index (κ3) is 2.73. The van der Waals surface area contributed by atoms with Crippen molar-refractivity contribution >= 4 is 5.97 Å². The Labute approximate surface area is 87.1 Å². The van der Waals surface area contributed by atoms with Crippen LogP contribution < -0.4 is 4.74 Å². The number of rotatable bonds is 2. The van der Waals surface area contributed by atoms with Gasteiger partial charge in [0, 0.05) is 5.56 Å². The molecule has 15 heavy (non-hydrogen) atoms. The van der Waals surface area contributed by atoms with Gasteiger partial charge in [-0.2, -0.15) is 0 Å². The molecule has 0 atom stereocenters. The van der Waals surface area contributed by atoms with Gasteiger partial charge in [0.15, 0.2) is 0 Å². The molecule has 0 unspecified atom stereocenters. The fourth-order valence-corrected chi connectivity index (χ4v) is 1.09. The minimum absolute atomic E-state index is 0.0576. The lowest BCUT2D eigenvalue weighted by Crippen LogP contribution is -2.00. The summed E-state index contributed by atoms with van der Waals surface area (Å²) in [6.45, 7) is -0.256. The number of ether oxygens (including phenoxy) is 1. The van der Waals surface area contributed by atoms with E-state index in [-0.39, 0.29) is 17.9 Å². The average molecular weight is 206 g/mol. The maximum Gasteiger partial charge on any atom is 0.339 e. The van der Waals surface area contributed by atoms with E-state index >= 15 is 0 Å². The lowest BCUT2D eigenvalue weighted by molar-refractivity contribution is 0.0693. The van der Waals surface area contributed by atoms with Gasteiger partial charge < -0.3 is 14.9 Å². The minimum Gasteiger partial charge on any atom is -0.496 e. The molecule has 0 saturated heterocycles. The van der Waals surface area contributed by atoms with Crippen LogP contribution in [0.15, 0.2) is 18.2 Å². The van der Waals surface area contributed by atoms with E-state index in [4.69, 9.17) is 14.9 Å². The molecule has 0 fully saturated rings. The van der Waals surface area contributed by atoms with Gasteiger partial charge >= 0.3 is 5.97 Å². The molecule has 4 nitrogen and oxygen atoms in total. The first kappa shape index (κ1) is 11.1. The standard InChI is InChI=1S/C11H10O4/c1-15-10-5-4-8(3-2-6-12)7-9(10)11(13)14/h4-5,7,12H,6H2,1H3,(H,13,14). The minimum atomic E-state index is -1.07. The highest BCUT2D eigenvalue weighted by atomic mass is 16.5. The molecule has 1 aromatic rings. The largest absolute Gasteiger partial charge is 0.496 e. The van der Waals surface area contributed by atoms with E-state index in [0.717, 1.165) is 0 Å². The molecule has 1 aromatic carbocycles.